The minimum Gasteiger partial charge on any atom is -0.489 e. The molecule has 0 saturated carbocycles. The van der Waals surface area contributed by atoms with Gasteiger partial charge in [0.05, 0.1) is 11.1 Å². The number of carbonyl (C=O) groups excluding carboxylic acids is 1. The highest BCUT2D eigenvalue weighted by Crippen LogP contribution is 2.23. The molecule has 0 saturated heterocycles. The van der Waals surface area contributed by atoms with Gasteiger partial charge in [0.1, 0.15) is 30.3 Å². The number of aryl methyl sites for hydroxylation is 1. The van der Waals surface area contributed by atoms with E-state index in [1.54, 1.807) is 49.4 Å². The summed E-state index contributed by atoms with van der Waals surface area (Å²) in [5.41, 5.74) is 4.40. The number of carbonyl (C=O) groups is 1. The van der Waals surface area contributed by atoms with Crippen molar-refractivity contribution in [1.82, 2.24) is 15.2 Å². The van der Waals surface area contributed by atoms with Crippen LogP contribution in [0.1, 0.15) is 22.5 Å². The molecule has 166 valence electrons. The van der Waals surface area contributed by atoms with E-state index in [-0.39, 0.29) is 17.9 Å². The van der Waals surface area contributed by atoms with Crippen LogP contribution in [-0.2, 0) is 17.9 Å². The van der Waals surface area contributed by atoms with Crippen LogP contribution in [0.4, 0.5) is 5.69 Å². The zero-order chi connectivity index (χ0) is 23.3. The highest BCUT2D eigenvalue weighted by molar-refractivity contribution is 6.35. The van der Waals surface area contributed by atoms with Crippen LogP contribution in [0.3, 0.4) is 0 Å². The van der Waals surface area contributed by atoms with Gasteiger partial charge in [0.25, 0.3) is 5.91 Å². The van der Waals surface area contributed by atoms with Crippen molar-refractivity contribution in [1.29, 1.82) is 0 Å². The van der Waals surface area contributed by atoms with Gasteiger partial charge in [0.2, 0.25) is 0 Å². The molecule has 11 heteroatoms. The maximum Gasteiger partial charge on any atom is 0.312 e. The van der Waals surface area contributed by atoms with Crippen LogP contribution in [0, 0.1) is 24.0 Å². The fourth-order valence-electron chi connectivity index (χ4n) is 2.91. The lowest BCUT2D eigenvalue weighted by atomic mass is 10.2. The standard InChI is InChI=1S/C21H19Cl2N5O4/c1-13-21(28(30)31)14(2)27(26-13)11-20(29)25-24-10-15-3-7-18(8-4-15)32-12-16-5-6-17(22)9-19(16)23/h3-10H,11-12H2,1-2H3,(H,25,29)/b24-10+. The van der Waals surface area contributed by atoms with Gasteiger partial charge in [-0.3, -0.25) is 19.6 Å². The van der Waals surface area contributed by atoms with Gasteiger partial charge >= 0.3 is 5.69 Å². The van der Waals surface area contributed by atoms with Crippen molar-refractivity contribution in [3.63, 3.8) is 0 Å². The summed E-state index contributed by atoms with van der Waals surface area (Å²) in [5, 5.41) is 20.1. The zero-order valence-corrected chi connectivity index (χ0v) is 18.7. The molecule has 0 aliphatic rings. The molecule has 1 N–H and O–H groups in total. The van der Waals surface area contributed by atoms with E-state index in [9.17, 15) is 14.9 Å². The van der Waals surface area contributed by atoms with Gasteiger partial charge < -0.3 is 4.74 Å². The summed E-state index contributed by atoms with van der Waals surface area (Å²) in [6.45, 7) is 3.18. The Morgan fingerprint density at radius 1 is 1.25 bits per heavy atom. The Balaban J connectivity index is 1.52. The van der Waals surface area contributed by atoms with E-state index in [1.807, 2.05) is 0 Å². The lowest BCUT2D eigenvalue weighted by Crippen LogP contribution is -2.24. The molecule has 0 atom stereocenters. The molecule has 32 heavy (non-hydrogen) atoms. The molecular weight excluding hydrogens is 457 g/mol. The fraction of sp³-hybridized carbons (Fsp3) is 0.190. The molecule has 3 rings (SSSR count). The number of amides is 1. The van der Waals surface area contributed by atoms with Gasteiger partial charge in [0, 0.05) is 15.6 Å². The quantitative estimate of drug-likeness (QED) is 0.294. The molecule has 1 aromatic heterocycles. The summed E-state index contributed by atoms with van der Waals surface area (Å²) in [7, 11) is 0. The zero-order valence-electron chi connectivity index (χ0n) is 17.2. The van der Waals surface area contributed by atoms with E-state index in [4.69, 9.17) is 27.9 Å². The van der Waals surface area contributed by atoms with Crippen molar-refractivity contribution in [2.75, 3.05) is 0 Å². The van der Waals surface area contributed by atoms with Gasteiger partial charge in [-0.15, -0.1) is 0 Å². The minimum atomic E-state index is -0.512. The second-order valence-electron chi connectivity index (χ2n) is 6.82. The SMILES string of the molecule is Cc1nn(CC(=O)N/N=C/c2ccc(OCc3ccc(Cl)cc3Cl)cc2)c(C)c1[N+](=O)[O-]. The lowest BCUT2D eigenvalue weighted by Gasteiger charge is -2.08. The number of nitrogens with one attached hydrogen (secondary N) is 1. The maximum atomic E-state index is 12.1. The third-order valence-electron chi connectivity index (χ3n) is 4.51. The molecule has 0 radical (unpaired) electrons. The molecule has 0 unspecified atom stereocenters. The van der Waals surface area contributed by atoms with Crippen LogP contribution in [0.25, 0.3) is 0 Å². The summed E-state index contributed by atoms with van der Waals surface area (Å²) >= 11 is 12.0. The summed E-state index contributed by atoms with van der Waals surface area (Å²) in [6.07, 6.45) is 1.47. The lowest BCUT2D eigenvalue weighted by molar-refractivity contribution is -0.386. The number of halogens is 2. The Bertz CT molecular complexity index is 1180. The number of rotatable bonds is 8. The van der Waals surface area contributed by atoms with Crippen LogP contribution in [0.5, 0.6) is 5.75 Å². The highest BCUT2D eigenvalue weighted by Gasteiger charge is 2.22. The summed E-state index contributed by atoms with van der Waals surface area (Å²) < 4.78 is 6.99. The summed E-state index contributed by atoms with van der Waals surface area (Å²) in [4.78, 5) is 22.6. The number of hydrazone groups is 1. The first-order valence-electron chi connectivity index (χ1n) is 9.41. The van der Waals surface area contributed by atoms with Crippen LogP contribution in [0.2, 0.25) is 10.0 Å². The van der Waals surface area contributed by atoms with Crippen molar-refractivity contribution < 1.29 is 14.5 Å². The predicted molar refractivity (Wildman–Crippen MR) is 121 cm³/mol. The van der Waals surface area contributed by atoms with Gasteiger partial charge in [0.15, 0.2) is 0 Å². The minimum absolute atomic E-state index is 0.0954. The average molecular weight is 476 g/mol. The highest BCUT2D eigenvalue weighted by atomic mass is 35.5. The Morgan fingerprint density at radius 3 is 2.59 bits per heavy atom. The van der Waals surface area contributed by atoms with Crippen LogP contribution in [-0.4, -0.2) is 26.8 Å². The number of nitrogens with zero attached hydrogens (tertiary/aromatic N) is 4. The van der Waals surface area contributed by atoms with E-state index < -0.39 is 10.8 Å². The molecular formula is C21H19Cl2N5O4. The predicted octanol–water partition coefficient (Wildman–Crippen LogP) is 4.44. The van der Waals surface area contributed by atoms with E-state index in [2.05, 4.69) is 15.6 Å². The molecule has 3 aromatic rings. The van der Waals surface area contributed by atoms with Crippen molar-refractivity contribution in [2.45, 2.75) is 27.0 Å². The van der Waals surface area contributed by atoms with Gasteiger partial charge in [-0.25, -0.2) is 5.43 Å². The number of aromatic nitrogens is 2. The Hall–Kier alpha value is -3.43. The van der Waals surface area contributed by atoms with E-state index in [0.29, 0.717) is 28.1 Å². The molecule has 1 amide bonds. The molecule has 9 nitrogen and oxygen atoms in total. The third kappa shape index (κ3) is 5.83. The first-order chi connectivity index (χ1) is 15.2. The number of hydrogen-bond acceptors (Lipinski definition) is 6. The molecule has 0 fully saturated rings. The van der Waals surface area contributed by atoms with Crippen molar-refractivity contribution >= 4 is 41.0 Å². The monoisotopic (exact) mass is 475 g/mol. The Labute approximate surface area is 193 Å². The van der Waals surface area contributed by atoms with E-state index in [0.717, 1.165) is 11.1 Å². The van der Waals surface area contributed by atoms with Gasteiger partial charge in [-0.05, 0) is 55.8 Å². The van der Waals surface area contributed by atoms with Crippen molar-refractivity contribution in [3.8, 4) is 5.75 Å². The number of ether oxygens (including phenoxy) is 1. The van der Waals surface area contributed by atoms with E-state index >= 15 is 0 Å². The smallest absolute Gasteiger partial charge is 0.312 e. The van der Waals surface area contributed by atoms with Gasteiger partial charge in [-0.1, -0.05) is 29.3 Å². The number of nitro groups is 1. The first kappa shape index (κ1) is 23.2. The second kappa shape index (κ2) is 10.3. The third-order valence-corrected chi connectivity index (χ3v) is 5.10. The molecule has 0 aliphatic heterocycles. The average Bonchev–Trinajstić information content (AvgIpc) is 3.01. The normalized spacial score (nSPS) is 11.0. The molecule has 0 bridgehead atoms. The topological polar surface area (TPSA) is 112 Å². The Kier molecular flexibility index (Phi) is 7.45. The number of hydrogen-bond donors (Lipinski definition) is 1. The first-order valence-corrected chi connectivity index (χ1v) is 10.2. The van der Waals surface area contributed by atoms with Crippen LogP contribution >= 0.6 is 23.2 Å². The summed E-state index contributed by atoms with van der Waals surface area (Å²) in [5.74, 6) is 0.185. The van der Waals surface area contributed by atoms with Crippen LogP contribution < -0.4 is 10.2 Å². The van der Waals surface area contributed by atoms with Gasteiger partial charge in [-0.2, -0.15) is 10.2 Å². The largest absolute Gasteiger partial charge is 0.489 e. The van der Waals surface area contributed by atoms with Crippen LogP contribution in [0.15, 0.2) is 47.6 Å². The summed E-state index contributed by atoms with van der Waals surface area (Å²) in [6, 6.07) is 12.3. The molecule has 0 aliphatic carbocycles. The molecule has 2 aromatic carbocycles. The molecule has 0 spiro atoms. The van der Waals surface area contributed by atoms with Crippen molar-refractivity contribution in [2.24, 2.45) is 5.10 Å². The number of benzene rings is 2. The maximum absolute atomic E-state index is 12.1. The fourth-order valence-corrected chi connectivity index (χ4v) is 3.37. The molecule has 1 heterocycles. The second-order valence-corrected chi connectivity index (χ2v) is 7.66. The van der Waals surface area contributed by atoms with E-state index in [1.165, 1.54) is 17.8 Å². The Morgan fingerprint density at radius 2 is 1.97 bits per heavy atom. The van der Waals surface area contributed by atoms with Crippen molar-refractivity contribution in [3.05, 3.63) is 85.1 Å².